The van der Waals surface area contributed by atoms with Gasteiger partial charge in [0.25, 0.3) is 11.8 Å². The molecule has 0 radical (unpaired) electrons. The standard InChI is InChI=1S/C20H19BrN4O4S/c1-20(10-9-12-3-5-13(28-2)6-4-12)18(26)25(19(27)22-20)11-16-23-24-17(29-16)14-7-8-15(21)30-14/h3-8H,9-11H2,1-2H3,(H,22,27)/t20-/m1/s1. The third kappa shape index (κ3) is 4.10. The van der Waals surface area contributed by atoms with Crippen molar-refractivity contribution in [2.24, 2.45) is 0 Å². The number of carbonyl (C=O) groups excluding carboxylic acids is 2. The first-order chi connectivity index (χ1) is 14.4. The van der Waals surface area contributed by atoms with Crippen LogP contribution in [0.4, 0.5) is 4.79 Å². The van der Waals surface area contributed by atoms with Gasteiger partial charge < -0.3 is 14.5 Å². The molecule has 30 heavy (non-hydrogen) atoms. The van der Waals surface area contributed by atoms with Gasteiger partial charge in [-0.15, -0.1) is 21.5 Å². The Hall–Kier alpha value is -2.72. The summed E-state index contributed by atoms with van der Waals surface area (Å²) in [5.41, 5.74) is 0.0690. The number of aryl methyl sites for hydroxylation is 1. The van der Waals surface area contributed by atoms with E-state index in [0.29, 0.717) is 18.7 Å². The molecule has 3 heterocycles. The number of benzene rings is 1. The Balaban J connectivity index is 1.42. The number of hydrogen-bond acceptors (Lipinski definition) is 7. The van der Waals surface area contributed by atoms with E-state index in [1.807, 2.05) is 36.4 Å². The molecule has 0 spiro atoms. The lowest BCUT2D eigenvalue weighted by Crippen LogP contribution is -2.44. The molecule has 8 nitrogen and oxygen atoms in total. The molecule has 156 valence electrons. The molecule has 0 saturated carbocycles. The topological polar surface area (TPSA) is 97.6 Å². The normalized spacial score (nSPS) is 18.7. The fourth-order valence-electron chi connectivity index (χ4n) is 3.23. The number of nitrogens with one attached hydrogen (secondary N) is 1. The van der Waals surface area contributed by atoms with Crippen LogP contribution in [0.25, 0.3) is 10.8 Å². The van der Waals surface area contributed by atoms with E-state index < -0.39 is 11.6 Å². The Bertz CT molecular complexity index is 1080. The van der Waals surface area contributed by atoms with Crippen LogP contribution in [0, 0.1) is 0 Å². The number of carbonyl (C=O) groups is 2. The van der Waals surface area contributed by atoms with Crippen molar-refractivity contribution in [2.45, 2.75) is 31.8 Å². The molecule has 0 aliphatic carbocycles. The molecule has 1 aromatic carbocycles. The van der Waals surface area contributed by atoms with E-state index in [-0.39, 0.29) is 18.3 Å². The Morgan fingerprint density at radius 2 is 1.97 bits per heavy atom. The number of amides is 3. The predicted octanol–water partition coefficient (Wildman–Crippen LogP) is 4.01. The van der Waals surface area contributed by atoms with Gasteiger partial charge in [0.2, 0.25) is 5.89 Å². The average molecular weight is 491 g/mol. The molecule has 1 atom stereocenters. The van der Waals surface area contributed by atoms with E-state index in [1.165, 1.54) is 11.3 Å². The largest absolute Gasteiger partial charge is 0.497 e. The molecule has 1 saturated heterocycles. The van der Waals surface area contributed by atoms with Gasteiger partial charge in [-0.05, 0) is 65.5 Å². The molecule has 1 aliphatic rings. The minimum atomic E-state index is -0.988. The first-order valence-electron chi connectivity index (χ1n) is 9.23. The third-order valence-corrected chi connectivity index (χ3v) is 6.57. The Morgan fingerprint density at radius 1 is 1.20 bits per heavy atom. The summed E-state index contributed by atoms with van der Waals surface area (Å²) in [4.78, 5) is 27.4. The van der Waals surface area contributed by atoms with E-state index in [4.69, 9.17) is 9.15 Å². The molecule has 2 aromatic heterocycles. The number of hydrogen-bond donors (Lipinski definition) is 1. The van der Waals surface area contributed by atoms with Crippen LogP contribution in [-0.2, 0) is 17.8 Å². The van der Waals surface area contributed by atoms with E-state index in [2.05, 4.69) is 31.4 Å². The number of halogens is 1. The highest BCUT2D eigenvalue weighted by Crippen LogP contribution is 2.31. The van der Waals surface area contributed by atoms with Gasteiger partial charge in [-0.3, -0.25) is 9.69 Å². The first kappa shape index (κ1) is 20.5. The second-order valence-corrected chi connectivity index (χ2v) is 9.57. The third-order valence-electron chi connectivity index (χ3n) is 4.96. The molecule has 0 unspecified atom stereocenters. The van der Waals surface area contributed by atoms with Gasteiger partial charge in [0.1, 0.15) is 17.8 Å². The molecule has 3 aromatic rings. The molecule has 1 fully saturated rings. The maximum Gasteiger partial charge on any atom is 0.325 e. The van der Waals surface area contributed by atoms with Crippen molar-refractivity contribution in [1.82, 2.24) is 20.4 Å². The molecule has 4 rings (SSSR count). The highest BCUT2D eigenvalue weighted by molar-refractivity contribution is 9.11. The van der Waals surface area contributed by atoms with E-state index in [9.17, 15) is 9.59 Å². The summed E-state index contributed by atoms with van der Waals surface area (Å²) in [6.45, 7) is 1.67. The lowest BCUT2D eigenvalue weighted by Gasteiger charge is -2.21. The molecule has 10 heteroatoms. The number of nitrogens with zero attached hydrogens (tertiary/aromatic N) is 3. The van der Waals surface area contributed by atoms with Crippen molar-refractivity contribution in [3.8, 4) is 16.5 Å². The number of imide groups is 1. The summed E-state index contributed by atoms with van der Waals surface area (Å²) >= 11 is 4.85. The van der Waals surface area contributed by atoms with Crippen molar-refractivity contribution in [3.63, 3.8) is 0 Å². The van der Waals surface area contributed by atoms with Gasteiger partial charge in [0.05, 0.1) is 15.8 Å². The van der Waals surface area contributed by atoms with Gasteiger partial charge in [-0.25, -0.2) is 4.79 Å². The van der Waals surface area contributed by atoms with Crippen LogP contribution in [-0.4, -0.2) is 39.7 Å². The van der Waals surface area contributed by atoms with Crippen molar-refractivity contribution >= 4 is 39.2 Å². The highest BCUT2D eigenvalue weighted by Gasteiger charge is 2.47. The molecule has 0 bridgehead atoms. The zero-order valence-corrected chi connectivity index (χ0v) is 18.7. The lowest BCUT2D eigenvalue weighted by molar-refractivity contribution is -0.131. The van der Waals surface area contributed by atoms with Crippen molar-refractivity contribution in [3.05, 3.63) is 51.6 Å². The summed E-state index contributed by atoms with van der Waals surface area (Å²) in [7, 11) is 1.61. The molecular weight excluding hydrogens is 472 g/mol. The SMILES string of the molecule is COc1ccc(CC[C@@]2(C)NC(=O)N(Cc3nnc(-c4ccc(Br)s4)o3)C2=O)cc1. The molecular formula is C20H19BrN4O4S. The predicted molar refractivity (Wildman–Crippen MR) is 114 cm³/mol. The summed E-state index contributed by atoms with van der Waals surface area (Å²) in [6, 6.07) is 10.9. The van der Waals surface area contributed by atoms with Gasteiger partial charge in [0, 0.05) is 0 Å². The quantitative estimate of drug-likeness (QED) is 0.502. The summed E-state index contributed by atoms with van der Waals surface area (Å²) in [5.74, 6) is 1.03. The Kier molecular flexibility index (Phi) is 5.61. The van der Waals surface area contributed by atoms with Gasteiger partial charge in [-0.1, -0.05) is 12.1 Å². The smallest absolute Gasteiger partial charge is 0.325 e. The van der Waals surface area contributed by atoms with Gasteiger partial charge in [-0.2, -0.15) is 0 Å². The number of rotatable bonds is 7. The number of urea groups is 1. The maximum absolute atomic E-state index is 13.0. The van der Waals surface area contributed by atoms with Crippen LogP contribution < -0.4 is 10.1 Å². The van der Waals surface area contributed by atoms with Crippen LogP contribution in [0.15, 0.2) is 44.6 Å². The van der Waals surface area contributed by atoms with Crippen molar-refractivity contribution < 1.29 is 18.7 Å². The first-order valence-corrected chi connectivity index (χ1v) is 10.8. The fourth-order valence-corrected chi connectivity index (χ4v) is 4.54. The van der Waals surface area contributed by atoms with Gasteiger partial charge in [0.15, 0.2) is 0 Å². The van der Waals surface area contributed by atoms with E-state index in [1.54, 1.807) is 14.0 Å². The highest BCUT2D eigenvalue weighted by atomic mass is 79.9. The summed E-state index contributed by atoms with van der Waals surface area (Å²) in [5, 5.41) is 10.8. The second kappa shape index (κ2) is 8.19. The van der Waals surface area contributed by atoms with Gasteiger partial charge >= 0.3 is 6.03 Å². The zero-order chi connectivity index (χ0) is 21.3. The summed E-state index contributed by atoms with van der Waals surface area (Å²) < 4.78 is 11.7. The lowest BCUT2D eigenvalue weighted by atomic mass is 9.93. The zero-order valence-electron chi connectivity index (χ0n) is 16.3. The monoisotopic (exact) mass is 490 g/mol. The van der Waals surface area contributed by atoms with Crippen LogP contribution in [0.2, 0.25) is 0 Å². The minimum absolute atomic E-state index is 0.0671. The molecule has 1 aliphatic heterocycles. The van der Waals surface area contributed by atoms with E-state index in [0.717, 1.165) is 24.9 Å². The van der Waals surface area contributed by atoms with Crippen molar-refractivity contribution in [2.75, 3.05) is 7.11 Å². The Morgan fingerprint density at radius 3 is 2.63 bits per heavy atom. The van der Waals surface area contributed by atoms with Crippen molar-refractivity contribution in [1.29, 1.82) is 0 Å². The fraction of sp³-hybridized carbons (Fsp3) is 0.300. The van der Waals surface area contributed by atoms with Crippen LogP contribution >= 0.6 is 27.3 Å². The molecule has 3 amide bonds. The number of ether oxygens (including phenoxy) is 1. The van der Waals surface area contributed by atoms with E-state index >= 15 is 0 Å². The van der Waals surface area contributed by atoms with Crippen LogP contribution in [0.1, 0.15) is 24.8 Å². The number of methoxy groups -OCH3 is 1. The molecule has 1 N–H and O–H groups in total. The van der Waals surface area contributed by atoms with Crippen LogP contribution in [0.5, 0.6) is 5.75 Å². The Labute approximate surface area is 185 Å². The second-order valence-electron chi connectivity index (χ2n) is 7.11. The average Bonchev–Trinajstić information content (AvgIpc) is 3.43. The number of aromatic nitrogens is 2. The maximum atomic E-state index is 13.0. The minimum Gasteiger partial charge on any atom is -0.497 e. The number of thiophene rings is 1. The van der Waals surface area contributed by atoms with Crippen LogP contribution in [0.3, 0.4) is 0 Å². The summed E-state index contributed by atoms with van der Waals surface area (Å²) in [6.07, 6.45) is 1.11.